The van der Waals surface area contributed by atoms with Gasteiger partial charge in [-0.3, -0.25) is 0 Å². The fourth-order valence-electron chi connectivity index (χ4n) is 2.98. The molecular weight excluding hydrogens is 364 g/mol. The van der Waals surface area contributed by atoms with Crippen molar-refractivity contribution in [3.8, 4) is 5.75 Å². The Morgan fingerprint density at radius 1 is 0.966 bits per heavy atom. The van der Waals surface area contributed by atoms with Gasteiger partial charge in [-0.1, -0.05) is 36.4 Å². The van der Waals surface area contributed by atoms with Crippen LogP contribution in [0.15, 0.2) is 67.0 Å². The maximum absolute atomic E-state index is 5.76. The second kappa shape index (κ2) is 8.60. The summed E-state index contributed by atoms with van der Waals surface area (Å²) in [5, 5.41) is 6.62. The lowest BCUT2D eigenvalue weighted by Crippen LogP contribution is -2.14. The van der Waals surface area contributed by atoms with Gasteiger partial charge in [0.1, 0.15) is 12.4 Å². The number of para-hydroxylation sites is 2. The van der Waals surface area contributed by atoms with Crippen molar-refractivity contribution in [1.82, 2.24) is 19.5 Å². The summed E-state index contributed by atoms with van der Waals surface area (Å²) in [7, 11) is 0. The fourth-order valence-corrected chi connectivity index (χ4v) is 2.98. The molecule has 0 aliphatic rings. The highest BCUT2D eigenvalue weighted by Gasteiger charge is 2.15. The Morgan fingerprint density at radius 2 is 1.69 bits per heavy atom. The average Bonchev–Trinajstić information content (AvgIpc) is 3.17. The highest BCUT2D eigenvalue weighted by molar-refractivity contribution is 5.84. The molecule has 4 aromatic rings. The van der Waals surface area contributed by atoms with E-state index in [2.05, 4.69) is 34.4 Å². The summed E-state index contributed by atoms with van der Waals surface area (Å²) in [6.07, 6.45) is 1.81. The normalized spacial score (nSPS) is 11.0. The number of imidazole rings is 1. The molecule has 2 N–H and O–H groups in total. The number of fused-ring (bicyclic) bond motifs is 1. The number of aromatic nitrogens is 4. The zero-order valence-electron chi connectivity index (χ0n) is 16.5. The molecule has 0 atom stereocenters. The van der Waals surface area contributed by atoms with Gasteiger partial charge in [0, 0.05) is 11.7 Å². The van der Waals surface area contributed by atoms with Gasteiger partial charge in [0.15, 0.2) is 17.0 Å². The van der Waals surface area contributed by atoms with Crippen LogP contribution in [0.1, 0.15) is 19.9 Å². The standard InChI is InChI=1S/C22H24N6O/c1-16(2)28-15-24-19-20(23-13-14-29-18-11-7-4-8-12-18)26-22(27-21(19)28)25-17-9-5-3-6-10-17/h3-12,15-16H,13-14H2,1-2H3,(H2,23,25,26,27). The fraction of sp³-hybridized carbons (Fsp3) is 0.227. The number of nitrogens with one attached hydrogen (secondary N) is 2. The molecule has 148 valence electrons. The third kappa shape index (κ3) is 4.45. The first kappa shape index (κ1) is 18.7. The highest BCUT2D eigenvalue weighted by Crippen LogP contribution is 2.24. The third-order valence-electron chi connectivity index (χ3n) is 4.41. The maximum Gasteiger partial charge on any atom is 0.231 e. The Morgan fingerprint density at radius 3 is 2.41 bits per heavy atom. The summed E-state index contributed by atoms with van der Waals surface area (Å²) in [6, 6.07) is 19.9. The third-order valence-corrected chi connectivity index (χ3v) is 4.41. The zero-order chi connectivity index (χ0) is 20.1. The molecule has 2 heterocycles. The molecule has 0 amide bonds. The van der Waals surface area contributed by atoms with Crippen LogP contribution in [0.3, 0.4) is 0 Å². The van der Waals surface area contributed by atoms with Crippen LogP contribution in [0.25, 0.3) is 11.2 Å². The number of benzene rings is 2. The monoisotopic (exact) mass is 388 g/mol. The summed E-state index contributed by atoms with van der Waals surface area (Å²) in [6.45, 7) is 5.32. The van der Waals surface area contributed by atoms with Crippen molar-refractivity contribution >= 4 is 28.6 Å². The summed E-state index contributed by atoms with van der Waals surface area (Å²) >= 11 is 0. The maximum atomic E-state index is 5.76. The van der Waals surface area contributed by atoms with Crippen molar-refractivity contribution in [2.75, 3.05) is 23.8 Å². The Hall–Kier alpha value is -3.61. The largest absolute Gasteiger partial charge is 0.492 e. The molecular formula is C22H24N6O. The van der Waals surface area contributed by atoms with E-state index in [0.29, 0.717) is 24.9 Å². The van der Waals surface area contributed by atoms with Gasteiger partial charge >= 0.3 is 0 Å². The van der Waals surface area contributed by atoms with Crippen molar-refractivity contribution in [2.45, 2.75) is 19.9 Å². The second-order valence-corrected chi connectivity index (χ2v) is 6.89. The van der Waals surface area contributed by atoms with Crippen LogP contribution < -0.4 is 15.4 Å². The Bertz CT molecular complexity index is 1060. The van der Waals surface area contributed by atoms with Crippen LogP contribution in [-0.2, 0) is 0 Å². The molecule has 0 saturated heterocycles. The SMILES string of the molecule is CC(C)n1cnc2c(NCCOc3ccccc3)nc(Nc3ccccc3)nc21. The quantitative estimate of drug-likeness (QED) is 0.428. The molecule has 0 radical (unpaired) electrons. The number of rotatable bonds is 8. The van der Waals surface area contributed by atoms with Crippen molar-refractivity contribution in [3.63, 3.8) is 0 Å². The van der Waals surface area contributed by atoms with E-state index in [1.54, 1.807) is 0 Å². The summed E-state index contributed by atoms with van der Waals surface area (Å²) < 4.78 is 7.80. The van der Waals surface area contributed by atoms with Crippen LogP contribution in [0, 0.1) is 0 Å². The molecule has 0 saturated carbocycles. The van der Waals surface area contributed by atoms with Crippen molar-refractivity contribution < 1.29 is 4.74 Å². The number of ether oxygens (including phenoxy) is 1. The van der Waals surface area contributed by atoms with Crippen LogP contribution in [-0.4, -0.2) is 32.7 Å². The molecule has 0 spiro atoms. The van der Waals surface area contributed by atoms with Gasteiger partial charge in [-0.2, -0.15) is 9.97 Å². The van der Waals surface area contributed by atoms with E-state index in [4.69, 9.17) is 9.72 Å². The van der Waals surface area contributed by atoms with E-state index >= 15 is 0 Å². The van der Waals surface area contributed by atoms with Crippen LogP contribution in [0.2, 0.25) is 0 Å². The van der Waals surface area contributed by atoms with E-state index < -0.39 is 0 Å². The summed E-state index contributed by atoms with van der Waals surface area (Å²) in [5.41, 5.74) is 2.47. The lowest BCUT2D eigenvalue weighted by molar-refractivity contribution is 0.333. The molecule has 29 heavy (non-hydrogen) atoms. The second-order valence-electron chi connectivity index (χ2n) is 6.89. The van der Waals surface area contributed by atoms with Crippen LogP contribution in [0.5, 0.6) is 5.75 Å². The predicted octanol–water partition coefficient (Wildman–Crippen LogP) is 4.64. The molecule has 0 aliphatic heterocycles. The molecule has 0 unspecified atom stereocenters. The predicted molar refractivity (Wildman–Crippen MR) is 116 cm³/mol. The number of anilines is 3. The first-order valence-corrected chi connectivity index (χ1v) is 9.69. The average molecular weight is 388 g/mol. The molecule has 2 aromatic carbocycles. The smallest absolute Gasteiger partial charge is 0.231 e. The first-order valence-electron chi connectivity index (χ1n) is 9.69. The van der Waals surface area contributed by atoms with Crippen LogP contribution in [0.4, 0.5) is 17.5 Å². The van der Waals surface area contributed by atoms with Gasteiger partial charge < -0.3 is 19.9 Å². The Balaban J connectivity index is 1.55. The van der Waals surface area contributed by atoms with Crippen molar-refractivity contribution in [2.24, 2.45) is 0 Å². The molecule has 7 nitrogen and oxygen atoms in total. The van der Waals surface area contributed by atoms with Gasteiger partial charge in [-0.25, -0.2) is 4.98 Å². The van der Waals surface area contributed by atoms with E-state index in [1.807, 2.05) is 71.6 Å². The van der Waals surface area contributed by atoms with E-state index in [1.165, 1.54) is 0 Å². The lowest BCUT2D eigenvalue weighted by Gasteiger charge is -2.12. The minimum absolute atomic E-state index is 0.244. The van der Waals surface area contributed by atoms with Crippen LogP contribution >= 0.6 is 0 Å². The van der Waals surface area contributed by atoms with Gasteiger partial charge in [-0.05, 0) is 38.1 Å². The minimum atomic E-state index is 0.244. The van der Waals surface area contributed by atoms with Crippen molar-refractivity contribution in [3.05, 3.63) is 67.0 Å². The Labute approximate surface area is 169 Å². The molecule has 0 bridgehead atoms. The zero-order valence-corrected chi connectivity index (χ0v) is 16.5. The Kier molecular flexibility index (Phi) is 5.56. The minimum Gasteiger partial charge on any atom is -0.492 e. The van der Waals surface area contributed by atoms with Gasteiger partial charge in [0.05, 0.1) is 12.9 Å². The topological polar surface area (TPSA) is 76.9 Å². The number of hydrogen-bond acceptors (Lipinski definition) is 6. The molecule has 0 aliphatic carbocycles. The van der Waals surface area contributed by atoms with Gasteiger partial charge in [0.2, 0.25) is 5.95 Å². The molecule has 0 fully saturated rings. The number of hydrogen-bond donors (Lipinski definition) is 2. The highest BCUT2D eigenvalue weighted by atomic mass is 16.5. The van der Waals surface area contributed by atoms with E-state index in [0.717, 1.165) is 22.6 Å². The van der Waals surface area contributed by atoms with Crippen molar-refractivity contribution in [1.29, 1.82) is 0 Å². The summed E-state index contributed by atoms with van der Waals surface area (Å²) in [4.78, 5) is 13.9. The van der Waals surface area contributed by atoms with Gasteiger partial charge in [0.25, 0.3) is 0 Å². The molecule has 4 rings (SSSR count). The molecule has 2 aromatic heterocycles. The van der Waals surface area contributed by atoms with Gasteiger partial charge in [-0.15, -0.1) is 0 Å². The lowest BCUT2D eigenvalue weighted by atomic mass is 10.3. The van der Waals surface area contributed by atoms with E-state index in [9.17, 15) is 0 Å². The first-order chi connectivity index (χ1) is 14.2. The molecule has 7 heteroatoms. The summed E-state index contributed by atoms with van der Waals surface area (Å²) in [5.74, 6) is 2.06. The van der Waals surface area contributed by atoms with E-state index in [-0.39, 0.29) is 6.04 Å². The number of nitrogens with zero attached hydrogens (tertiary/aromatic N) is 4.